The van der Waals surface area contributed by atoms with E-state index in [2.05, 4.69) is 5.32 Å². The summed E-state index contributed by atoms with van der Waals surface area (Å²) in [4.78, 5) is 25.6. The molecular formula is C16H20N2O3. The third-order valence-electron chi connectivity index (χ3n) is 4.51. The molecular weight excluding hydrogens is 268 g/mol. The van der Waals surface area contributed by atoms with Crippen LogP contribution in [-0.2, 0) is 16.0 Å². The van der Waals surface area contributed by atoms with Crippen molar-refractivity contribution in [3.63, 3.8) is 0 Å². The smallest absolute Gasteiger partial charge is 0.227 e. The van der Waals surface area contributed by atoms with E-state index >= 15 is 0 Å². The second-order valence-electron chi connectivity index (χ2n) is 5.91. The van der Waals surface area contributed by atoms with Gasteiger partial charge in [0.05, 0.1) is 6.42 Å². The normalized spacial score (nSPS) is 25.1. The Morgan fingerprint density at radius 1 is 1.33 bits per heavy atom. The number of hydrogen-bond donors (Lipinski definition) is 2. The molecule has 2 atom stereocenters. The Hall–Kier alpha value is -2.04. The third-order valence-corrected chi connectivity index (χ3v) is 4.51. The molecule has 21 heavy (non-hydrogen) atoms. The average Bonchev–Trinajstić information content (AvgIpc) is 2.49. The van der Waals surface area contributed by atoms with Gasteiger partial charge in [-0.25, -0.2) is 0 Å². The van der Waals surface area contributed by atoms with Crippen molar-refractivity contribution in [3.05, 3.63) is 29.8 Å². The lowest BCUT2D eigenvalue weighted by molar-refractivity contribution is -0.134. The summed E-state index contributed by atoms with van der Waals surface area (Å²) in [5.74, 6) is 0.715. The van der Waals surface area contributed by atoms with Gasteiger partial charge in [0.1, 0.15) is 5.75 Å². The number of para-hydroxylation sites is 1. The maximum absolute atomic E-state index is 12.4. The number of aromatic hydroxyl groups is 1. The molecule has 0 aromatic heterocycles. The van der Waals surface area contributed by atoms with E-state index in [1.807, 2.05) is 11.0 Å². The first-order chi connectivity index (χ1) is 10.1. The summed E-state index contributed by atoms with van der Waals surface area (Å²) in [6.07, 6.45) is 2.47. The first-order valence-corrected chi connectivity index (χ1v) is 7.47. The molecule has 2 N–H and O–H groups in total. The molecule has 5 heteroatoms. The molecule has 0 bridgehead atoms. The summed E-state index contributed by atoms with van der Waals surface area (Å²) in [5, 5.41) is 12.8. The van der Waals surface area contributed by atoms with Crippen molar-refractivity contribution in [1.82, 2.24) is 10.2 Å². The van der Waals surface area contributed by atoms with Crippen molar-refractivity contribution in [2.45, 2.75) is 31.7 Å². The van der Waals surface area contributed by atoms with Gasteiger partial charge in [-0.3, -0.25) is 9.59 Å². The number of benzene rings is 1. The lowest BCUT2D eigenvalue weighted by Crippen LogP contribution is -2.55. The minimum Gasteiger partial charge on any atom is -0.508 e. The number of fused-ring (bicyclic) bond motifs is 1. The molecule has 0 aliphatic carbocycles. The first-order valence-electron chi connectivity index (χ1n) is 7.47. The number of hydrogen-bond acceptors (Lipinski definition) is 3. The second-order valence-corrected chi connectivity index (χ2v) is 5.91. The summed E-state index contributed by atoms with van der Waals surface area (Å²) in [7, 11) is 0. The highest BCUT2D eigenvalue weighted by Gasteiger charge is 2.35. The molecule has 0 radical (unpaired) electrons. The summed E-state index contributed by atoms with van der Waals surface area (Å²) in [6.45, 7) is 1.38. The number of nitrogens with zero attached hydrogens (tertiary/aromatic N) is 1. The van der Waals surface area contributed by atoms with Gasteiger partial charge in [0, 0.05) is 31.1 Å². The van der Waals surface area contributed by atoms with Gasteiger partial charge in [-0.05, 0) is 24.8 Å². The Labute approximate surface area is 123 Å². The van der Waals surface area contributed by atoms with Crippen molar-refractivity contribution in [2.75, 3.05) is 13.1 Å². The van der Waals surface area contributed by atoms with Crippen LogP contribution in [-0.4, -0.2) is 41.0 Å². The minimum atomic E-state index is 0.0480. The zero-order chi connectivity index (χ0) is 14.8. The van der Waals surface area contributed by atoms with Crippen molar-refractivity contribution < 1.29 is 14.7 Å². The number of likely N-dealkylation sites (tertiary alicyclic amines) is 1. The maximum Gasteiger partial charge on any atom is 0.227 e. The lowest BCUT2D eigenvalue weighted by Gasteiger charge is -2.41. The van der Waals surface area contributed by atoms with Gasteiger partial charge in [-0.15, -0.1) is 0 Å². The first kappa shape index (κ1) is 13.9. The number of amides is 2. The Kier molecular flexibility index (Phi) is 3.82. The molecule has 0 saturated carbocycles. The molecule has 2 aliphatic heterocycles. The molecule has 2 amide bonds. The zero-order valence-electron chi connectivity index (χ0n) is 11.9. The molecule has 5 nitrogen and oxygen atoms in total. The van der Waals surface area contributed by atoms with E-state index < -0.39 is 0 Å². The Morgan fingerprint density at radius 3 is 2.95 bits per heavy atom. The van der Waals surface area contributed by atoms with E-state index in [1.54, 1.807) is 18.2 Å². The summed E-state index contributed by atoms with van der Waals surface area (Å²) < 4.78 is 0. The van der Waals surface area contributed by atoms with E-state index in [0.717, 1.165) is 12.8 Å². The van der Waals surface area contributed by atoms with Gasteiger partial charge >= 0.3 is 0 Å². The molecule has 112 valence electrons. The predicted octanol–water partition coefficient (Wildman–Crippen LogP) is 1.06. The highest BCUT2D eigenvalue weighted by Crippen LogP contribution is 2.26. The number of nitrogens with one attached hydrogen (secondary N) is 1. The Bertz CT molecular complexity index is 558. The second kappa shape index (κ2) is 5.76. The van der Waals surface area contributed by atoms with E-state index in [-0.39, 0.29) is 30.0 Å². The van der Waals surface area contributed by atoms with Crippen LogP contribution in [0.15, 0.2) is 24.3 Å². The Balaban J connectivity index is 1.62. The van der Waals surface area contributed by atoms with E-state index in [1.165, 1.54) is 0 Å². The fourth-order valence-electron chi connectivity index (χ4n) is 3.27. The van der Waals surface area contributed by atoms with Crippen LogP contribution in [0.1, 0.15) is 24.8 Å². The van der Waals surface area contributed by atoms with Gasteiger partial charge in [0.2, 0.25) is 11.8 Å². The third kappa shape index (κ3) is 3.01. The van der Waals surface area contributed by atoms with Crippen LogP contribution in [0.5, 0.6) is 5.75 Å². The van der Waals surface area contributed by atoms with Crippen molar-refractivity contribution >= 4 is 11.8 Å². The van der Waals surface area contributed by atoms with Gasteiger partial charge in [0.25, 0.3) is 0 Å². The summed E-state index contributed by atoms with van der Waals surface area (Å²) in [5.41, 5.74) is 0.668. The number of phenolic OH excluding ortho intramolecular Hbond substituents is 1. The van der Waals surface area contributed by atoms with Gasteiger partial charge in [-0.2, -0.15) is 0 Å². The highest BCUT2D eigenvalue weighted by atomic mass is 16.3. The van der Waals surface area contributed by atoms with Crippen LogP contribution < -0.4 is 5.32 Å². The van der Waals surface area contributed by atoms with Crippen LogP contribution in [0, 0.1) is 5.92 Å². The zero-order valence-corrected chi connectivity index (χ0v) is 11.9. The van der Waals surface area contributed by atoms with Crippen LogP contribution in [0.2, 0.25) is 0 Å². The summed E-state index contributed by atoms with van der Waals surface area (Å²) >= 11 is 0. The van der Waals surface area contributed by atoms with Gasteiger partial charge in [0.15, 0.2) is 0 Å². The van der Waals surface area contributed by atoms with Gasteiger partial charge < -0.3 is 15.3 Å². The molecule has 3 rings (SSSR count). The molecule has 0 spiro atoms. The monoisotopic (exact) mass is 288 g/mol. The van der Waals surface area contributed by atoms with E-state index in [4.69, 9.17) is 0 Å². The van der Waals surface area contributed by atoms with E-state index in [0.29, 0.717) is 31.0 Å². The molecule has 2 heterocycles. The molecule has 2 fully saturated rings. The summed E-state index contributed by atoms with van der Waals surface area (Å²) in [6, 6.07) is 7.18. The minimum absolute atomic E-state index is 0.0480. The van der Waals surface area contributed by atoms with Crippen molar-refractivity contribution in [3.8, 4) is 5.75 Å². The lowest BCUT2D eigenvalue weighted by atomic mass is 9.85. The number of piperidine rings is 2. The Morgan fingerprint density at radius 2 is 2.14 bits per heavy atom. The predicted molar refractivity (Wildman–Crippen MR) is 77.7 cm³/mol. The number of carbonyl (C=O) groups is 2. The van der Waals surface area contributed by atoms with Crippen LogP contribution in [0.4, 0.5) is 0 Å². The quantitative estimate of drug-likeness (QED) is 0.855. The van der Waals surface area contributed by atoms with Crippen LogP contribution in [0.3, 0.4) is 0 Å². The number of rotatable bonds is 2. The SMILES string of the molecule is O=C1CCC2CN(C(=O)Cc3ccccc3O)CCC2N1. The standard InChI is InChI=1S/C16H20N2O3/c19-14-4-2-1-3-11(14)9-16(21)18-8-7-13-12(10-18)5-6-15(20)17-13/h1-4,12-13,19H,5-10H2,(H,17,20). The van der Waals surface area contributed by atoms with Crippen molar-refractivity contribution in [2.24, 2.45) is 5.92 Å². The molecule has 1 aromatic rings. The van der Waals surface area contributed by atoms with E-state index in [9.17, 15) is 14.7 Å². The fraction of sp³-hybridized carbons (Fsp3) is 0.500. The maximum atomic E-state index is 12.4. The molecule has 1 aromatic carbocycles. The molecule has 2 aliphatic rings. The fourth-order valence-corrected chi connectivity index (χ4v) is 3.27. The van der Waals surface area contributed by atoms with Crippen LogP contribution >= 0.6 is 0 Å². The van der Waals surface area contributed by atoms with Crippen LogP contribution in [0.25, 0.3) is 0 Å². The number of phenols is 1. The molecule has 2 unspecified atom stereocenters. The van der Waals surface area contributed by atoms with Gasteiger partial charge in [-0.1, -0.05) is 18.2 Å². The van der Waals surface area contributed by atoms with Crippen molar-refractivity contribution in [1.29, 1.82) is 0 Å². The highest BCUT2D eigenvalue weighted by molar-refractivity contribution is 5.80. The number of carbonyl (C=O) groups excluding carboxylic acids is 2. The molecule has 2 saturated heterocycles. The average molecular weight is 288 g/mol. The largest absolute Gasteiger partial charge is 0.508 e. The topological polar surface area (TPSA) is 69.6 Å².